The fourth-order valence-electron chi connectivity index (χ4n) is 1.64. The molecule has 0 saturated carbocycles. The van der Waals surface area contributed by atoms with Crippen molar-refractivity contribution in [3.63, 3.8) is 0 Å². The molecule has 0 aliphatic heterocycles. The average molecular weight is 337 g/mol. The summed E-state index contributed by atoms with van der Waals surface area (Å²) >= 11 is 5.71. The summed E-state index contributed by atoms with van der Waals surface area (Å²) in [6.07, 6.45) is 1.03. The number of nitrogens with one attached hydrogen (secondary N) is 1. The van der Waals surface area contributed by atoms with E-state index in [9.17, 15) is 12.8 Å². The third-order valence-electron chi connectivity index (χ3n) is 2.72. The molecule has 0 spiro atoms. The fraction of sp³-hybridized carbons (Fsp3) is 0. The Labute approximate surface area is 132 Å². The number of rotatable bonds is 4. The first-order chi connectivity index (χ1) is 10.4. The monoisotopic (exact) mass is 336 g/mol. The van der Waals surface area contributed by atoms with Gasteiger partial charge in [-0.05, 0) is 42.5 Å². The summed E-state index contributed by atoms with van der Waals surface area (Å²) in [6.45, 7) is 0. The molecule has 112 valence electrons. The van der Waals surface area contributed by atoms with E-state index in [4.69, 9.17) is 16.9 Å². The van der Waals surface area contributed by atoms with Gasteiger partial charge in [0.25, 0.3) is 0 Å². The lowest BCUT2D eigenvalue weighted by Crippen LogP contribution is -2.05. The van der Waals surface area contributed by atoms with E-state index in [-0.39, 0.29) is 4.90 Å². The van der Waals surface area contributed by atoms with Gasteiger partial charge in [-0.25, -0.2) is 12.8 Å². The molecule has 0 radical (unpaired) electrons. The van der Waals surface area contributed by atoms with E-state index >= 15 is 0 Å². The molecule has 0 atom stereocenters. The smallest absolute Gasteiger partial charge is 0.218 e. The second-order valence-electron chi connectivity index (χ2n) is 4.23. The fourth-order valence-corrected chi connectivity index (χ4v) is 2.85. The minimum atomic E-state index is -3.96. The molecule has 2 aromatic rings. The van der Waals surface area contributed by atoms with Crippen molar-refractivity contribution < 1.29 is 12.8 Å². The molecule has 0 amide bonds. The Kier molecular flexibility index (Phi) is 4.81. The average Bonchev–Trinajstić information content (AvgIpc) is 2.48. The Morgan fingerprint density at radius 2 is 1.91 bits per heavy atom. The minimum Gasteiger partial charge on any atom is -0.360 e. The van der Waals surface area contributed by atoms with Gasteiger partial charge in [0.1, 0.15) is 11.9 Å². The normalized spacial score (nSPS) is 11.8. The van der Waals surface area contributed by atoms with Gasteiger partial charge in [-0.1, -0.05) is 17.7 Å². The van der Waals surface area contributed by atoms with Crippen molar-refractivity contribution in [1.29, 1.82) is 5.26 Å². The van der Waals surface area contributed by atoms with E-state index in [0.717, 1.165) is 6.20 Å². The highest BCUT2D eigenvalue weighted by atomic mass is 35.5. The van der Waals surface area contributed by atoms with E-state index in [1.165, 1.54) is 42.5 Å². The van der Waals surface area contributed by atoms with Gasteiger partial charge >= 0.3 is 0 Å². The topological polar surface area (TPSA) is 70.0 Å². The summed E-state index contributed by atoms with van der Waals surface area (Å²) in [5.74, 6) is -0.475. The molecular formula is C15H10ClFN2O2S. The van der Waals surface area contributed by atoms with Crippen molar-refractivity contribution in [3.8, 4) is 6.07 Å². The van der Waals surface area contributed by atoms with Gasteiger partial charge < -0.3 is 5.32 Å². The van der Waals surface area contributed by atoms with Gasteiger partial charge in [-0.15, -0.1) is 0 Å². The lowest BCUT2D eigenvalue weighted by Gasteiger charge is -2.05. The summed E-state index contributed by atoms with van der Waals surface area (Å²) in [5, 5.41) is 12.1. The molecule has 0 fully saturated rings. The van der Waals surface area contributed by atoms with E-state index in [2.05, 4.69) is 5.32 Å². The molecule has 4 nitrogen and oxygen atoms in total. The Balaban J connectivity index is 2.32. The number of anilines is 1. The number of sulfone groups is 1. The lowest BCUT2D eigenvalue weighted by atomic mass is 10.3. The predicted octanol–water partition coefficient (Wildman–Crippen LogP) is 3.73. The van der Waals surface area contributed by atoms with Gasteiger partial charge in [0.15, 0.2) is 4.91 Å². The maximum absolute atomic E-state index is 13.1. The summed E-state index contributed by atoms with van der Waals surface area (Å²) in [7, 11) is -3.96. The Hall–Kier alpha value is -2.36. The number of allylic oxidation sites excluding steroid dienone is 1. The first-order valence-electron chi connectivity index (χ1n) is 6.06. The third kappa shape index (κ3) is 3.64. The van der Waals surface area contributed by atoms with Gasteiger partial charge in [0, 0.05) is 16.9 Å². The van der Waals surface area contributed by atoms with Crippen LogP contribution in [0.1, 0.15) is 0 Å². The number of hydrogen-bond donors (Lipinski definition) is 1. The maximum Gasteiger partial charge on any atom is 0.218 e. The molecule has 22 heavy (non-hydrogen) atoms. The molecule has 0 unspecified atom stereocenters. The van der Waals surface area contributed by atoms with Crippen LogP contribution in [-0.2, 0) is 9.84 Å². The second kappa shape index (κ2) is 6.60. The largest absolute Gasteiger partial charge is 0.360 e. The lowest BCUT2D eigenvalue weighted by molar-refractivity contribution is 0.603. The summed E-state index contributed by atoms with van der Waals surface area (Å²) in [5.41, 5.74) is 0.332. The van der Waals surface area contributed by atoms with Gasteiger partial charge in [0.05, 0.1) is 4.90 Å². The minimum absolute atomic E-state index is 0.0502. The Morgan fingerprint density at radius 1 is 1.23 bits per heavy atom. The van der Waals surface area contributed by atoms with Crippen LogP contribution in [0.15, 0.2) is 64.5 Å². The van der Waals surface area contributed by atoms with Crippen LogP contribution >= 0.6 is 11.6 Å². The van der Waals surface area contributed by atoms with Crippen LogP contribution in [0.25, 0.3) is 0 Å². The molecule has 0 bridgehead atoms. The zero-order valence-electron chi connectivity index (χ0n) is 11.1. The molecule has 2 aromatic carbocycles. The van der Waals surface area contributed by atoms with E-state index in [1.54, 1.807) is 12.1 Å². The van der Waals surface area contributed by atoms with Crippen LogP contribution in [-0.4, -0.2) is 8.42 Å². The third-order valence-corrected chi connectivity index (χ3v) is 4.65. The molecule has 0 aromatic heterocycles. The number of benzene rings is 2. The number of hydrogen-bond acceptors (Lipinski definition) is 4. The highest BCUT2D eigenvalue weighted by molar-refractivity contribution is 7.95. The van der Waals surface area contributed by atoms with Gasteiger partial charge in [-0.2, -0.15) is 5.26 Å². The molecule has 0 aliphatic rings. The zero-order valence-corrected chi connectivity index (χ0v) is 12.7. The molecular weight excluding hydrogens is 327 g/mol. The predicted molar refractivity (Wildman–Crippen MR) is 82.4 cm³/mol. The van der Waals surface area contributed by atoms with Crippen molar-refractivity contribution in [2.75, 3.05) is 5.32 Å². The van der Waals surface area contributed by atoms with Crippen molar-refractivity contribution in [3.05, 3.63) is 70.5 Å². The standard InChI is InChI=1S/C15H10ClFN2O2S/c16-11-4-6-14(7-5-11)22(20,21)15(9-18)10-19-13-3-1-2-12(17)8-13/h1-8,10,19H/b15-10-. The number of nitrogens with zero attached hydrogens (tertiary/aromatic N) is 1. The van der Waals surface area contributed by atoms with Crippen LogP contribution in [0.2, 0.25) is 5.02 Å². The SMILES string of the molecule is N#C/C(=C/Nc1cccc(F)c1)S(=O)(=O)c1ccc(Cl)cc1. The van der Waals surface area contributed by atoms with Crippen molar-refractivity contribution in [2.24, 2.45) is 0 Å². The van der Waals surface area contributed by atoms with Crippen LogP contribution in [0.4, 0.5) is 10.1 Å². The van der Waals surface area contributed by atoms with Crippen molar-refractivity contribution >= 4 is 27.1 Å². The van der Waals surface area contributed by atoms with Crippen LogP contribution in [0, 0.1) is 17.1 Å². The maximum atomic E-state index is 13.1. The molecule has 0 aliphatic carbocycles. The highest BCUT2D eigenvalue weighted by Gasteiger charge is 2.20. The molecule has 2 rings (SSSR count). The van der Waals surface area contributed by atoms with Crippen molar-refractivity contribution in [2.45, 2.75) is 4.90 Å². The summed E-state index contributed by atoms with van der Waals surface area (Å²) < 4.78 is 37.7. The number of nitriles is 1. The Bertz CT molecular complexity index is 856. The molecule has 1 N–H and O–H groups in total. The van der Waals surface area contributed by atoms with E-state index < -0.39 is 20.6 Å². The quantitative estimate of drug-likeness (QED) is 0.864. The van der Waals surface area contributed by atoms with E-state index in [0.29, 0.717) is 10.7 Å². The number of halogens is 2. The van der Waals surface area contributed by atoms with Crippen LogP contribution in [0.5, 0.6) is 0 Å². The molecule has 0 heterocycles. The Morgan fingerprint density at radius 3 is 2.50 bits per heavy atom. The molecule has 7 heteroatoms. The van der Waals surface area contributed by atoms with Crippen molar-refractivity contribution in [1.82, 2.24) is 0 Å². The van der Waals surface area contributed by atoms with E-state index in [1.807, 2.05) is 0 Å². The highest BCUT2D eigenvalue weighted by Crippen LogP contribution is 2.21. The summed E-state index contributed by atoms with van der Waals surface area (Å²) in [4.78, 5) is -0.537. The zero-order chi connectivity index (χ0) is 16.2. The van der Waals surface area contributed by atoms with Crippen LogP contribution < -0.4 is 5.32 Å². The first-order valence-corrected chi connectivity index (χ1v) is 7.92. The second-order valence-corrected chi connectivity index (χ2v) is 6.59. The summed E-state index contributed by atoms with van der Waals surface area (Å²) in [6, 6.07) is 12.5. The van der Waals surface area contributed by atoms with Gasteiger partial charge in [0.2, 0.25) is 9.84 Å². The van der Waals surface area contributed by atoms with Crippen LogP contribution in [0.3, 0.4) is 0 Å². The van der Waals surface area contributed by atoms with Gasteiger partial charge in [-0.3, -0.25) is 0 Å². The first kappa shape index (κ1) is 16.0. The molecule has 0 saturated heterocycles.